The van der Waals surface area contributed by atoms with Crippen LogP contribution in [0.15, 0.2) is 0 Å². The fourth-order valence-electron chi connectivity index (χ4n) is 2.78. The van der Waals surface area contributed by atoms with E-state index in [9.17, 15) is 28.8 Å². The fraction of sp³-hybridized carbons (Fsp3) is 0.667. The molecule has 0 aromatic rings. The maximum atomic E-state index is 12.4. The third kappa shape index (κ3) is 8.53. The Bertz CT molecular complexity index is 711. The molecule has 0 aromatic heterocycles. The molecule has 1 heterocycles. The summed E-state index contributed by atoms with van der Waals surface area (Å²) in [5.74, 6) is -3.26. The molecule has 13 heteroatoms. The average Bonchev–Trinajstić information content (AvgIpc) is 2.75. The molecule has 1 saturated heterocycles. The van der Waals surface area contributed by atoms with Gasteiger partial charge in [0, 0.05) is 38.9 Å². The van der Waals surface area contributed by atoms with Crippen LogP contribution in [0.4, 0.5) is 9.59 Å². The van der Waals surface area contributed by atoms with Crippen LogP contribution in [0, 0.1) is 0 Å². The van der Waals surface area contributed by atoms with Crippen molar-refractivity contribution in [3.8, 4) is 0 Å². The Kier molecular flexibility index (Phi) is 11.0. The first-order chi connectivity index (χ1) is 14.6. The Morgan fingerprint density at radius 1 is 1.06 bits per heavy atom. The van der Waals surface area contributed by atoms with Gasteiger partial charge in [-0.3, -0.25) is 24.1 Å². The normalized spacial score (nSPS) is 14.5. The second-order valence-corrected chi connectivity index (χ2v) is 8.09. The van der Waals surface area contributed by atoms with Gasteiger partial charge in [0.1, 0.15) is 6.04 Å². The number of likely N-dealkylation sites (tertiary alicyclic amines) is 1. The van der Waals surface area contributed by atoms with Crippen LogP contribution in [0.3, 0.4) is 0 Å². The predicted molar refractivity (Wildman–Crippen MR) is 111 cm³/mol. The van der Waals surface area contributed by atoms with Crippen molar-refractivity contribution >= 4 is 47.5 Å². The number of Topliss-reactive ketones (excluding diaryl/α,β-unsaturated/α-hetero) is 1. The molecule has 0 saturated carbocycles. The molecule has 4 N–H and O–H groups in total. The zero-order valence-electron chi connectivity index (χ0n) is 17.3. The number of carbonyl (C=O) groups is 6. The standard InChI is InChI=1S/C18H28N4O8S/c1-20(18(29)30)17(28)22(14(24)6-5-12(19)16(26)27)9-10-31-11-13(23)15(25)21-7-3-2-4-8-21/h12H,2-11,19H2,1H3,(H,26,27)(H,29,30). The molecule has 1 unspecified atom stereocenters. The Labute approximate surface area is 183 Å². The first-order valence-electron chi connectivity index (χ1n) is 9.75. The molecule has 1 aliphatic rings. The lowest BCUT2D eigenvalue weighted by atomic mass is 10.1. The van der Waals surface area contributed by atoms with Gasteiger partial charge in [-0.15, -0.1) is 0 Å². The highest BCUT2D eigenvalue weighted by Gasteiger charge is 2.29. The van der Waals surface area contributed by atoms with Crippen molar-refractivity contribution in [1.29, 1.82) is 0 Å². The van der Waals surface area contributed by atoms with Crippen molar-refractivity contribution in [2.45, 2.75) is 38.1 Å². The van der Waals surface area contributed by atoms with Crippen LogP contribution in [0.2, 0.25) is 0 Å². The number of carboxylic acid groups (broad SMARTS) is 2. The van der Waals surface area contributed by atoms with E-state index in [1.165, 1.54) is 4.90 Å². The Morgan fingerprint density at radius 3 is 2.23 bits per heavy atom. The summed E-state index contributed by atoms with van der Waals surface area (Å²) in [6.45, 7) is 0.880. The van der Waals surface area contributed by atoms with Gasteiger partial charge in [-0.05, 0) is 25.7 Å². The molecule has 0 spiro atoms. The van der Waals surface area contributed by atoms with Gasteiger partial charge in [0.25, 0.3) is 5.91 Å². The van der Waals surface area contributed by atoms with Crippen molar-refractivity contribution < 1.29 is 39.0 Å². The van der Waals surface area contributed by atoms with Gasteiger partial charge in [0.15, 0.2) is 0 Å². The highest BCUT2D eigenvalue weighted by molar-refractivity contribution is 8.00. The second kappa shape index (κ2) is 12.9. The molecular weight excluding hydrogens is 432 g/mol. The molecule has 1 rings (SSSR count). The third-order valence-electron chi connectivity index (χ3n) is 4.67. The summed E-state index contributed by atoms with van der Waals surface area (Å²) in [6.07, 6.45) is 0.559. The average molecular weight is 461 g/mol. The summed E-state index contributed by atoms with van der Waals surface area (Å²) in [5.41, 5.74) is 5.36. The number of piperidine rings is 1. The van der Waals surface area contributed by atoms with E-state index in [0.717, 1.165) is 38.1 Å². The van der Waals surface area contributed by atoms with Crippen LogP contribution in [0.25, 0.3) is 0 Å². The summed E-state index contributed by atoms with van der Waals surface area (Å²) in [5, 5.41) is 17.8. The zero-order valence-corrected chi connectivity index (χ0v) is 18.1. The van der Waals surface area contributed by atoms with Gasteiger partial charge in [-0.25, -0.2) is 14.5 Å². The molecule has 0 aliphatic carbocycles. The minimum Gasteiger partial charge on any atom is -0.480 e. The molecule has 5 amide bonds. The minimum atomic E-state index is -1.57. The van der Waals surface area contributed by atoms with E-state index in [-0.39, 0.29) is 30.9 Å². The van der Waals surface area contributed by atoms with E-state index in [4.69, 9.17) is 15.9 Å². The van der Waals surface area contributed by atoms with Gasteiger partial charge >= 0.3 is 18.1 Å². The summed E-state index contributed by atoms with van der Waals surface area (Å²) in [7, 11) is 0.974. The Balaban J connectivity index is 2.61. The molecule has 1 aliphatic heterocycles. The van der Waals surface area contributed by atoms with Crippen LogP contribution in [0.1, 0.15) is 32.1 Å². The van der Waals surface area contributed by atoms with Gasteiger partial charge in [-0.2, -0.15) is 11.8 Å². The molecule has 31 heavy (non-hydrogen) atoms. The van der Waals surface area contributed by atoms with E-state index in [2.05, 4.69) is 0 Å². The molecule has 0 aromatic carbocycles. The summed E-state index contributed by atoms with van der Waals surface area (Å²) in [4.78, 5) is 73.2. The molecular formula is C18H28N4O8S. The smallest absolute Gasteiger partial charge is 0.415 e. The lowest BCUT2D eigenvalue weighted by Crippen LogP contribution is -2.48. The molecule has 1 fully saturated rings. The molecule has 0 radical (unpaired) electrons. The number of hydrogen-bond donors (Lipinski definition) is 3. The van der Waals surface area contributed by atoms with E-state index >= 15 is 0 Å². The lowest BCUT2D eigenvalue weighted by Gasteiger charge is -2.26. The van der Waals surface area contributed by atoms with Crippen LogP contribution >= 0.6 is 11.8 Å². The minimum absolute atomic E-state index is 0.0922. The fourth-order valence-corrected chi connectivity index (χ4v) is 3.55. The van der Waals surface area contributed by atoms with Crippen LogP contribution < -0.4 is 5.73 Å². The molecule has 12 nitrogen and oxygen atoms in total. The predicted octanol–water partition coefficient (Wildman–Crippen LogP) is 0.0517. The number of urea groups is 1. The number of hydrogen-bond acceptors (Lipinski definition) is 8. The maximum Gasteiger partial charge on any atom is 0.415 e. The van der Waals surface area contributed by atoms with Crippen molar-refractivity contribution in [2.24, 2.45) is 5.73 Å². The Hall–Kier alpha value is -2.67. The number of thioether (sulfide) groups is 1. The third-order valence-corrected chi connectivity index (χ3v) is 5.60. The van der Waals surface area contributed by atoms with E-state index in [1.807, 2.05) is 0 Å². The first-order valence-corrected chi connectivity index (χ1v) is 10.9. The number of carbonyl (C=O) groups excluding carboxylic acids is 4. The van der Waals surface area contributed by atoms with Crippen molar-refractivity contribution in [3.05, 3.63) is 0 Å². The number of nitrogens with two attached hydrogens (primary N) is 1. The van der Waals surface area contributed by atoms with E-state index in [1.54, 1.807) is 0 Å². The highest BCUT2D eigenvalue weighted by atomic mass is 32.2. The van der Waals surface area contributed by atoms with Gasteiger partial charge in [-0.1, -0.05) is 0 Å². The van der Waals surface area contributed by atoms with Crippen molar-refractivity contribution in [2.75, 3.05) is 38.2 Å². The number of nitrogens with zero attached hydrogens (tertiary/aromatic N) is 3. The number of ketones is 1. The molecule has 1 atom stereocenters. The van der Waals surface area contributed by atoms with Crippen molar-refractivity contribution in [3.63, 3.8) is 0 Å². The number of imide groups is 2. The first kappa shape index (κ1) is 26.4. The Morgan fingerprint density at radius 2 is 1.68 bits per heavy atom. The lowest BCUT2D eigenvalue weighted by molar-refractivity contribution is -0.143. The summed E-state index contributed by atoms with van der Waals surface area (Å²) in [6, 6.07) is -2.40. The zero-order chi connectivity index (χ0) is 23.6. The van der Waals surface area contributed by atoms with Gasteiger partial charge < -0.3 is 20.8 Å². The summed E-state index contributed by atoms with van der Waals surface area (Å²) < 4.78 is 0. The number of rotatable bonds is 10. The topological polar surface area (TPSA) is 179 Å². The monoisotopic (exact) mass is 460 g/mol. The molecule has 174 valence electrons. The van der Waals surface area contributed by atoms with Crippen LogP contribution in [-0.2, 0) is 19.2 Å². The quantitative estimate of drug-likeness (QED) is 0.298. The van der Waals surface area contributed by atoms with E-state index in [0.29, 0.717) is 22.9 Å². The number of carboxylic acids is 1. The number of amides is 5. The SMILES string of the molecule is CN(C(=O)O)C(=O)N(CCSCC(=O)C(=O)N1CCCCC1)C(=O)CCC(N)C(=O)O. The maximum absolute atomic E-state index is 12.4. The number of aliphatic carboxylic acids is 1. The van der Waals surface area contributed by atoms with Crippen LogP contribution in [-0.4, -0.2) is 105 Å². The van der Waals surface area contributed by atoms with E-state index < -0.39 is 41.7 Å². The van der Waals surface area contributed by atoms with Gasteiger partial charge in [0.2, 0.25) is 11.7 Å². The van der Waals surface area contributed by atoms with Crippen molar-refractivity contribution in [1.82, 2.24) is 14.7 Å². The largest absolute Gasteiger partial charge is 0.480 e. The highest BCUT2D eigenvalue weighted by Crippen LogP contribution is 2.12. The summed E-state index contributed by atoms with van der Waals surface area (Å²) >= 11 is 1.04. The van der Waals surface area contributed by atoms with Crippen LogP contribution in [0.5, 0.6) is 0 Å². The molecule has 0 bridgehead atoms. The van der Waals surface area contributed by atoms with Gasteiger partial charge in [0.05, 0.1) is 5.75 Å². The second-order valence-electron chi connectivity index (χ2n) is 6.98.